The molecule has 0 radical (unpaired) electrons. The molecule has 2 heterocycles. The lowest BCUT2D eigenvalue weighted by Gasteiger charge is -2.42. The Kier molecular flexibility index (Phi) is 4.99. The highest BCUT2D eigenvalue weighted by Crippen LogP contribution is 2.26. The van der Waals surface area contributed by atoms with Crippen LogP contribution in [0.2, 0.25) is 0 Å². The van der Waals surface area contributed by atoms with Gasteiger partial charge in [-0.3, -0.25) is 4.90 Å². The van der Waals surface area contributed by atoms with E-state index in [0.717, 1.165) is 13.1 Å². The van der Waals surface area contributed by atoms with Gasteiger partial charge in [0.05, 0.1) is 36.6 Å². The quantitative estimate of drug-likeness (QED) is 0.841. The molecule has 1 aromatic carbocycles. The van der Waals surface area contributed by atoms with Crippen LogP contribution >= 0.6 is 0 Å². The van der Waals surface area contributed by atoms with Crippen LogP contribution < -0.4 is 0 Å². The molecule has 0 spiro atoms. The number of hydrogen-bond acceptors (Lipinski definition) is 5. The van der Waals surface area contributed by atoms with Gasteiger partial charge in [0.1, 0.15) is 5.82 Å². The van der Waals surface area contributed by atoms with Gasteiger partial charge in [0, 0.05) is 20.2 Å². The molecule has 3 rings (SSSR count). The van der Waals surface area contributed by atoms with E-state index in [1.54, 1.807) is 31.5 Å². The topological polar surface area (TPSA) is 47.7 Å². The first-order chi connectivity index (χ1) is 11.5. The maximum atomic E-state index is 13.9. The Labute approximate surface area is 141 Å². The highest BCUT2D eigenvalue weighted by Gasteiger charge is 2.33. The second-order valence-corrected chi connectivity index (χ2v) is 6.72. The highest BCUT2D eigenvalue weighted by atomic mass is 19.1. The molecule has 1 fully saturated rings. The molecule has 1 aromatic heterocycles. The number of methoxy groups -OCH3 is 1. The summed E-state index contributed by atoms with van der Waals surface area (Å²) in [4.78, 5) is 6.53. The maximum absolute atomic E-state index is 13.9. The van der Waals surface area contributed by atoms with Crippen LogP contribution in [0.5, 0.6) is 0 Å². The van der Waals surface area contributed by atoms with Crippen LogP contribution in [-0.4, -0.2) is 48.4 Å². The summed E-state index contributed by atoms with van der Waals surface area (Å²) in [7, 11) is 1.67. The molecule has 0 unspecified atom stereocenters. The Morgan fingerprint density at radius 3 is 2.92 bits per heavy atom. The fourth-order valence-electron chi connectivity index (χ4n) is 3.17. The van der Waals surface area contributed by atoms with E-state index in [1.807, 2.05) is 0 Å². The van der Waals surface area contributed by atoms with Crippen molar-refractivity contribution < 1.29 is 18.3 Å². The van der Waals surface area contributed by atoms with Gasteiger partial charge in [-0.25, -0.2) is 9.37 Å². The second-order valence-electron chi connectivity index (χ2n) is 6.72. The highest BCUT2D eigenvalue weighted by molar-refractivity contribution is 5.56. The Morgan fingerprint density at radius 2 is 2.17 bits per heavy atom. The largest absolute Gasteiger partial charge is 0.439 e. The van der Waals surface area contributed by atoms with Gasteiger partial charge in [-0.15, -0.1) is 0 Å². The van der Waals surface area contributed by atoms with Gasteiger partial charge in [0.15, 0.2) is 5.76 Å². The number of aromatic nitrogens is 1. The van der Waals surface area contributed by atoms with Crippen molar-refractivity contribution in [2.24, 2.45) is 0 Å². The Balaban J connectivity index is 1.71. The van der Waals surface area contributed by atoms with Crippen LogP contribution in [0.25, 0.3) is 11.3 Å². The fourth-order valence-corrected chi connectivity index (χ4v) is 3.17. The van der Waals surface area contributed by atoms with Crippen molar-refractivity contribution in [3.05, 3.63) is 42.2 Å². The molecule has 1 atom stereocenters. The van der Waals surface area contributed by atoms with Crippen LogP contribution in [-0.2, 0) is 16.0 Å². The number of benzene rings is 1. The molecule has 0 amide bonds. The average Bonchev–Trinajstić information content (AvgIpc) is 2.94. The molecular weight excluding hydrogens is 311 g/mol. The van der Waals surface area contributed by atoms with E-state index in [2.05, 4.69) is 23.7 Å². The zero-order valence-corrected chi connectivity index (χ0v) is 14.3. The summed E-state index contributed by atoms with van der Waals surface area (Å²) in [5.41, 5.74) is 0.165. The predicted octanol–water partition coefficient (Wildman–Crippen LogP) is 3.11. The van der Waals surface area contributed by atoms with Gasteiger partial charge in [-0.2, -0.15) is 0 Å². The molecule has 24 heavy (non-hydrogen) atoms. The zero-order valence-electron chi connectivity index (χ0n) is 14.3. The van der Waals surface area contributed by atoms with E-state index in [9.17, 15) is 4.39 Å². The minimum atomic E-state index is -0.312. The molecule has 0 N–H and O–H groups in total. The van der Waals surface area contributed by atoms with Crippen molar-refractivity contribution in [1.29, 1.82) is 0 Å². The zero-order chi connectivity index (χ0) is 17.2. The van der Waals surface area contributed by atoms with Crippen molar-refractivity contribution in [2.45, 2.75) is 32.1 Å². The number of morpholine rings is 1. The van der Waals surface area contributed by atoms with Crippen LogP contribution in [0, 0.1) is 5.82 Å². The van der Waals surface area contributed by atoms with Gasteiger partial charge in [0.25, 0.3) is 0 Å². The third kappa shape index (κ3) is 4.01. The van der Waals surface area contributed by atoms with E-state index in [1.165, 1.54) is 6.07 Å². The molecule has 130 valence electrons. The number of hydrogen-bond donors (Lipinski definition) is 0. The molecule has 6 heteroatoms. The monoisotopic (exact) mass is 334 g/mol. The molecule has 1 saturated heterocycles. The summed E-state index contributed by atoms with van der Waals surface area (Å²) in [5, 5.41) is 0. The van der Waals surface area contributed by atoms with Crippen molar-refractivity contribution in [3.8, 4) is 11.3 Å². The third-order valence-electron chi connectivity index (χ3n) is 3.96. The first kappa shape index (κ1) is 17.1. The molecule has 5 nitrogen and oxygen atoms in total. The Hall–Kier alpha value is -1.76. The van der Waals surface area contributed by atoms with Crippen molar-refractivity contribution in [3.63, 3.8) is 0 Å². The maximum Gasteiger partial charge on any atom is 0.209 e. The first-order valence-corrected chi connectivity index (χ1v) is 8.05. The van der Waals surface area contributed by atoms with E-state index in [0.29, 0.717) is 30.4 Å². The van der Waals surface area contributed by atoms with E-state index in [4.69, 9.17) is 13.9 Å². The summed E-state index contributed by atoms with van der Waals surface area (Å²) < 4.78 is 30.8. The van der Waals surface area contributed by atoms with Crippen LogP contribution in [0.1, 0.15) is 19.7 Å². The lowest BCUT2D eigenvalue weighted by Crippen LogP contribution is -2.53. The average molecular weight is 334 g/mol. The first-order valence-electron chi connectivity index (χ1n) is 8.05. The smallest absolute Gasteiger partial charge is 0.209 e. The SMILES string of the molecule is COC[C@@H]1CN(Cc2ncc(-c3ccccc3F)o2)CC(C)(C)O1. The predicted molar refractivity (Wildman–Crippen MR) is 88.0 cm³/mol. The van der Waals surface area contributed by atoms with Crippen LogP contribution in [0.3, 0.4) is 0 Å². The molecule has 1 aliphatic heterocycles. The number of halogens is 1. The molecule has 1 aliphatic rings. The lowest BCUT2D eigenvalue weighted by atomic mass is 10.1. The van der Waals surface area contributed by atoms with Crippen molar-refractivity contribution in [2.75, 3.05) is 26.8 Å². The standard InChI is InChI=1S/C18H23FN2O3/c1-18(2)12-21(9-13(24-18)11-22-3)10-17-20-8-16(23-17)14-6-4-5-7-15(14)19/h4-8,13H,9-12H2,1-3H3/t13-/m0/s1. The molecule has 2 aromatic rings. The fraction of sp³-hybridized carbons (Fsp3) is 0.500. The minimum Gasteiger partial charge on any atom is -0.439 e. The van der Waals surface area contributed by atoms with Gasteiger partial charge in [-0.1, -0.05) is 12.1 Å². The van der Waals surface area contributed by atoms with Gasteiger partial charge in [0.2, 0.25) is 5.89 Å². The van der Waals surface area contributed by atoms with Crippen LogP contribution in [0.15, 0.2) is 34.9 Å². The summed E-state index contributed by atoms with van der Waals surface area (Å²) >= 11 is 0. The van der Waals surface area contributed by atoms with Crippen molar-refractivity contribution >= 4 is 0 Å². The van der Waals surface area contributed by atoms with E-state index >= 15 is 0 Å². The summed E-state index contributed by atoms with van der Waals surface area (Å²) in [6.45, 7) is 6.73. The molecule has 0 saturated carbocycles. The second kappa shape index (κ2) is 7.01. The van der Waals surface area contributed by atoms with Crippen molar-refractivity contribution in [1.82, 2.24) is 9.88 Å². The molecular formula is C18H23FN2O3. The third-order valence-corrected chi connectivity index (χ3v) is 3.96. The van der Waals surface area contributed by atoms with E-state index < -0.39 is 0 Å². The summed E-state index contributed by atoms with van der Waals surface area (Å²) in [6.07, 6.45) is 1.59. The number of ether oxygens (including phenoxy) is 2. The normalized spacial score (nSPS) is 21.1. The van der Waals surface area contributed by atoms with Gasteiger partial charge < -0.3 is 13.9 Å². The Bertz CT molecular complexity index is 686. The number of oxazole rings is 1. The van der Waals surface area contributed by atoms with Gasteiger partial charge >= 0.3 is 0 Å². The van der Waals surface area contributed by atoms with E-state index in [-0.39, 0.29) is 17.5 Å². The van der Waals surface area contributed by atoms with Gasteiger partial charge in [-0.05, 0) is 26.0 Å². The minimum absolute atomic E-state index is 0.0137. The summed E-state index contributed by atoms with van der Waals surface area (Å²) in [6, 6.07) is 6.53. The Morgan fingerprint density at radius 1 is 1.38 bits per heavy atom. The lowest BCUT2D eigenvalue weighted by molar-refractivity contribution is -0.155. The molecule has 0 bridgehead atoms. The summed E-state index contributed by atoms with van der Waals surface area (Å²) in [5.74, 6) is 0.707. The molecule has 0 aliphatic carbocycles. The number of nitrogens with zero attached hydrogens (tertiary/aromatic N) is 2. The number of rotatable bonds is 5. The van der Waals surface area contributed by atoms with Crippen LogP contribution in [0.4, 0.5) is 4.39 Å².